The van der Waals surface area contributed by atoms with Crippen molar-refractivity contribution < 1.29 is 36.7 Å². The average Bonchev–Trinajstić information content (AvgIpc) is 3.06. The number of sulfone groups is 1. The largest absolute Gasteiger partial charge is 0.481 e. The summed E-state index contributed by atoms with van der Waals surface area (Å²) in [6.07, 6.45) is 3.59. The quantitative estimate of drug-likeness (QED) is 0.440. The van der Waals surface area contributed by atoms with Gasteiger partial charge in [-0.05, 0) is 81.2 Å². The molecule has 2 aromatic rings. The van der Waals surface area contributed by atoms with E-state index in [1.807, 2.05) is 17.0 Å². The molecule has 44 heavy (non-hydrogen) atoms. The molecule has 2 bridgehead atoms. The Balaban J connectivity index is 1.30. The number of carbonyl (C=O) groups excluding carboxylic acids is 2. The molecule has 3 aliphatic carbocycles. The fourth-order valence-electron chi connectivity index (χ4n) is 7.10. The maximum absolute atomic E-state index is 15.4. The lowest BCUT2D eigenvalue weighted by Gasteiger charge is -2.49. The van der Waals surface area contributed by atoms with Gasteiger partial charge >= 0.3 is 5.97 Å². The van der Waals surface area contributed by atoms with Crippen molar-refractivity contribution in [3.63, 3.8) is 0 Å². The lowest BCUT2D eigenvalue weighted by Crippen LogP contribution is -2.57. The standard InChI is InChI=1S/C31H36F2N4O6S/c32-23-15-26-25(14-22(23)27(38)35-31-10-7-30(33,8-11-31)9-12-31)37(28(39)24(34)18-44(26,42)43)16-19-3-5-21(6-4-19)36-13-1-2-20(17-36)29(40)41/h3-6,14-15,20,24H,1-2,7-13,16-18,34H2,(H,35,38)(H,40,41)/t20-,24+,30?,31?/m1/s1. The summed E-state index contributed by atoms with van der Waals surface area (Å²) >= 11 is 0. The minimum absolute atomic E-state index is 0.0949. The van der Waals surface area contributed by atoms with E-state index in [1.54, 1.807) is 12.1 Å². The van der Waals surface area contributed by atoms with Gasteiger partial charge in [-0.25, -0.2) is 17.2 Å². The number of alkyl halides is 1. The maximum atomic E-state index is 15.4. The van der Waals surface area contributed by atoms with Crippen LogP contribution < -0.4 is 20.9 Å². The molecule has 2 atom stereocenters. The SMILES string of the molecule is N[C@H]1CS(=O)(=O)c2cc(F)c(C(=O)NC34CCC(F)(CC3)CC4)cc2N(Cc2ccc(N3CCC[C@@H](C(=O)O)C3)cc2)C1=O. The molecule has 13 heteroatoms. The van der Waals surface area contributed by atoms with Gasteiger partial charge in [-0.2, -0.15) is 0 Å². The van der Waals surface area contributed by atoms with Crippen molar-refractivity contribution in [2.75, 3.05) is 28.6 Å². The number of hydrogen-bond donors (Lipinski definition) is 3. The van der Waals surface area contributed by atoms with E-state index in [0.717, 1.165) is 24.2 Å². The third-order valence-corrected chi connectivity index (χ3v) is 11.6. The maximum Gasteiger partial charge on any atom is 0.308 e. The zero-order valence-corrected chi connectivity index (χ0v) is 25.0. The van der Waals surface area contributed by atoms with Gasteiger partial charge in [-0.3, -0.25) is 14.4 Å². The molecule has 4 N–H and O–H groups in total. The third-order valence-electron chi connectivity index (χ3n) is 9.85. The van der Waals surface area contributed by atoms with Crippen LogP contribution in [0.15, 0.2) is 41.3 Å². The van der Waals surface area contributed by atoms with Crippen LogP contribution in [0.4, 0.5) is 20.2 Å². The number of carboxylic acids is 1. The van der Waals surface area contributed by atoms with Crippen molar-refractivity contribution in [2.45, 2.75) is 80.1 Å². The number of carboxylic acid groups (broad SMARTS) is 1. The smallest absolute Gasteiger partial charge is 0.308 e. The molecule has 3 saturated carbocycles. The fourth-order valence-corrected chi connectivity index (χ4v) is 8.67. The first-order valence-corrected chi connectivity index (χ1v) is 16.6. The summed E-state index contributed by atoms with van der Waals surface area (Å²) in [7, 11) is -4.18. The number of benzene rings is 2. The van der Waals surface area contributed by atoms with E-state index >= 15 is 4.39 Å². The van der Waals surface area contributed by atoms with E-state index in [1.165, 1.54) is 4.90 Å². The fraction of sp³-hybridized carbons (Fsp3) is 0.516. The summed E-state index contributed by atoms with van der Waals surface area (Å²) in [4.78, 5) is 41.1. The number of halogens is 2. The topological polar surface area (TPSA) is 150 Å². The van der Waals surface area contributed by atoms with E-state index in [-0.39, 0.29) is 12.2 Å². The Morgan fingerprint density at radius 3 is 2.36 bits per heavy atom. The molecule has 236 valence electrons. The van der Waals surface area contributed by atoms with Gasteiger partial charge in [-0.15, -0.1) is 0 Å². The monoisotopic (exact) mass is 630 g/mol. The van der Waals surface area contributed by atoms with Crippen LogP contribution in [0.2, 0.25) is 0 Å². The number of amides is 2. The first-order valence-electron chi connectivity index (χ1n) is 15.0. The molecule has 7 rings (SSSR count). The number of fused-ring (bicyclic) bond motifs is 4. The first-order chi connectivity index (χ1) is 20.8. The molecule has 4 fully saturated rings. The molecule has 1 saturated heterocycles. The molecule has 0 unspecified atom stereocenters. The summed E-state index contributed by atoms with van der Waals surface area (Å²) < 4.78 is 56.6. The van der Waals surface area contributed by atoms with E-state index in [2.05, 4.69) is 5.32 Å². The molecular formula is C31H36F2N4O6S. The number of anilines is 2. The summed E-state index contributed by atoms with van der Waals surface area (Å²) in [5, 5.41) is 12.3. The van der Waals surface area contributed by atoms with Gasteiger partial charge in [0.05, 0.1) is 40.4 Å². The summed E-state index contributed by atoms with van der Waals surface area (Å²) in [6, 6.07) is 7.60. The van der Waals surface area contributed by atoms with Gasteiger partial charge < -0.3 is 26.0 Å². The highest BCUT2D eigenvalue weighted by atomic mass is 32.2. The van der Waals surface area contributed by atoms with Gasteiger partial charge in [-0.1, -0.05) is 12.1 Å². The van der Waals surface area contributed by atoms with Gasteiger partial charge in [0.2, 0.25) is 5.91 Å². The molecule has 0 spiro atoms. The molecule has 10 nitrogen and oxygen atoms in total. The summed E-state index contributed by atoms with van der Waals surface area (Å²) in [5.41, 5.74) is 5.04. The highest BCUT2D eigenvalue weighted by Crippen LogP contribution is 2.49. The van der Waals surface area contributed by atoms with E-state index in [0.29, 0.717) is 63.6 Å². The van der Waals surface area contributed by atoms with Crippen LogP contribution in [0.25, 0.3) is 0 Å². The van der Waals surface area contributed by atoms with Crippen LogP contribution in [0.5, 0.6) is 0 Å². The van der Waals surface area contributed by atoms with Crippen molar-refractivity contribution >= 4 is 39.0 Å². The number of aliphatic carboxylic acids is 1. The number of nitrogens with one attached hydrogen (secondary N) is 1. The number of nitrogens with two attached hydrogens (primary N) is 1. The second kappa shape index (κ2) is 11.1. The molecule has 5 aliphatic rings. The van der Waals surface area contributed by atoms with Crippen LogP contribution in [0.1, 0.15) is 67.3 Å². The van der Waals surface area contributed by atoms with Gasteiger partial charge in [0.15, 0.2) is 9.84 Å². The van der Waals surface area contributed by atoms with Crippen LogP contribution >= 0.6 is 0 Å². The van der Waals surface area contributed by atoms with E-state index in [4.69, 9.17) is 5.73 Å². The average molecular weight is 631 g/mol. The molecule has 0 radical (unpaired) electrons. The predicted molar refractivity (Wildman–Crippen MR) is 158 cm³/mol. The lowest BCUT2D eigenvalue weighted by molar-refractivity contribution is -0.142. The highest BCUT2D eigenvalue weighted by Gasteiger charge is 2.50. The Bertz CT molecular complexity index is 1590. The van der Waals surface area contributed by atoms with Crippen LogP contribution in [-0.2, 0) is 26.0 Å². The number of piperidine rings is 1. The van der Waals surface area contributed by atoms with Crippen molar-refractivity contribution in [3.8, 4) is 0 Å². The van der Waals surface area contributed by atoms with Gasteiger partial charge in [0.1, 0.15) is 11.5 Å². The Hall–Kier alpha value is -3.58. The number of hydrogen-bond acceptors (Lipinski definition) is 7. The molecular weight excluding hydrogens is 594 g/mol. The van der Waals surface area contributed by atoms with Crippen LogP contribution in [0.3, 0.4) is 0 Å². The minimum atomic E-state index is -4.18. The highest BCUT2D eigenvalue weighted by molar-refractivity contribution is 7.91. The lowest BCUT2D eigenvalue weighted by atomic mass is 9.64. The van der Waals surface area contributed by atoms with Crippen molar-refractivity contribution in [3.05, 3.63) is 53.3 Å². The predicted octanol–water partition coefficient (Wildman–Crippen LogP) is 3.32. The Morgan fingerprint density at radius 2 is 1.73 bits per heavy atom. The normalized spacial score (nSPS) is 29.6. The van der Waals surface area contributed by atoms with E-state index in [9.17, 15) is 32.3 Å². The minimum Gasteiger partial charge on any atom is -0.481 e. The van der Waals surface area contributed by atoms with Gasteiger partial charge in [0.25, 0.3) is 5.91 Å². The molecule has 2 heterocycles. The Labute approximate surface area is 254 Å². The number of rotatable bonds is 6. The van der Waals surface area contributed by atoms with Crippen LogP contribution in [0, 0.1) is 11.7 Å². The molecule has 2 aromatic carbocycles. The van der Waals surface area contributed by atoms with Gasteiger partial charge in [0, 0.05) is 24.3 Å². The Kier molecular flexibility index (Phi) is 7.68. The molecule has 0 aromatic heterocycles. The number of carbonyl (C=O) groups is 3. The summed E-state index contributed by atoms with van der Waals surface area (Å²) in [5.74, 6) is -4.49. The first kappa shape index (κ1) is 30.4. The van der Waals surface area contributed by atoms with Crippen molar-refractivity contribution in [2.24, 2.45) is 11.7 Å². The second-order valence-corrected chi connectivity index (χ2v) is 14.8. The van der Waals surface area contributed by atoms with Crippen LogP contribution in [-0.4, -0.2) is 67.4 Å². The van der Waals surface area contributed by atoms with E-state index < -0.39 is 72.8 Å². The van der Waals surface area contributed by atoms with Crippen molar-refractivity contribution in [1.82, 2.24) is 5.32 Å². The zero-order chi connectivity index (χ0) is 31.4. The zero-order valence-electron chi connectivity index (χ0n) is 24.2. The summed E-state index contributed by atoms with van der Waals surface area (Å²) in [6.45, 7) is 0.994. The van der Waals surface area contributed by atoms with Crippen molar-refractivity contribution in [1.29, 1.82) is 0 Å². The molecule has 2 aliphatic heterocycles. The Morgan fingerprint density at radius 1 is 1.07 bits per heavy atom. The molecule has 2 amide bonds. The second-order valence-electron chi connectivity index (χ2n) is 12.8. The number of nitrogens with zero attached hydrogens (tertiary/aromatic N) is 2. The third kappa shape index (κ3) is 5.67.